The Hall–Kier alpha value is -7.01. The highest BCUT2D eigenvalue weighted by Gasteiger charge is 2.53. The van der Waals surface area contributed by atoms with Gasteiger partial charge >= 0.3 is 0 Å². The molecule has 2 aromatic heterocycles. The fourth-order valence-electron chi connectivity index (χ4n) is 9.50. The molecular formula is C52H31N3S. The van der Waals surface area contributed by atoms with E-state index >= 15 is 0 Å². The Kier molecular flexibility index (Phi) is 6.72. The van der Waals surface area contributed by atoms with Gasteiger partial charge in [0, 0.05) is 42.4 Å². The van der Waals surface area contributed by atoms with Gasteiger partial charge in [-0.1, -0.05) is 188 Å². The van der Waals surface area contributed by atoms with Crippen LogP contribution in [0.5, 0.6) is 0 Å². The molecule has 12 rings (SSSR count). The van der Waals surface area contributed by atoms with Crippen molar-refractivity contribution in [1.29, 1.82) is 0 Å². The van der Waals surface area contributed by atoms with Crippen molar-refractivity contribution in [1.82, 2.24) is 15.0 Å². The van der Waals surface area contributed by atoms with E-state index in [4.69, 9.17) is 15.0 Å². The minimum Gasteiger partial charge on any atom is -0.208 e. The van der Waals surface area contributed by atoms with E-state index in [9.17, 15) is 0 Å². The standard InChI is InChI=1S/C52H31N3S/c1-4-16-32(17-5-1)35-24-14-26-38-39-30-31-44-45(48(39)56-47(35)38)40-23-11-13-29-43(40)52(44)42-28-12-10-22-36(42)37-25-15-27-41(46(37)52)51-54-49(33-18-6-2-7-19-33)53-50(55-51)34-20-8-3-9-21-34/h1-31H. The molecule has 0 fully saturated rings. The number of rotatable bonds is 4. The first-order valence-corrected chi connectivity index (χ1v) is 19.9. The summed E-state index contributed by atoms with van der Waals surface area (Å²) in [6.45, 7) is 0. The number of hydrogen-bond acceptors (Lipinski definition) is 4. The Labute approximate surface area is 328 Å². The summed E-state index contributed by atoms with van der Waals surface area (Å²) in [7, 11) is 0. The van der Waals surface area contributed by atoms with Gasteiger partial charge in [0.2, 0.25) is 0 Å². The van der Waals surface area contributed by atoms with Crippen LogP contribution in [0.4, 0.5) is 0 Å². The quantitative estimate of drug-likeness (QED) is 0.181. The normalized spacial score (nSPS) is 14.9. The van der Waals surface area contributed by atoms with E-state index in [0.29, 0.717) is 17.5 Å². The van der Waals surface area contributed by atoms with Gasteiger partial charge in [-0.05, 0) is 50.1 Å². The highest BCUT2D eigenvalue weighted by atomic mass is 32.1. The molecule has 1 atom stereocenters. The minimum atomic E-state index is -0.590. The van der Waals surface area contributed by atoms with Crippen LogP contribution in [-0.2, 0) is 5.41 Å². The zero-order valence-electron chi connectivity index (χ0n) is 30.1. The third-order valence-electron chi connectivity index (χ3n) is 11.8. The Balaban J connectivity index is 1.18. The first kappa shape index (κ1) is 31.4. The van der Waals surface area contributed by atoms with Gasteiger partial charge in [-0.3, -0.25) is 0 Å². The van der Waals surface area contributed by atoms with Crippen LogP contribution in [0, 0.1) is 0 Å². The zero-order chi connectivity index (χ0) is 36.8. The summed E-state index contributed by atoms with van der Waals surface area (Å²) in [5.41, 5.74) is 15.0. The van der Waals surface area contributed by atoms with Crippen molar-refractivity contribution in [2.24, 2.45) is 0 Å². The predicted molar refractivity (Wildman–Crippen MR) is 231 cm³/mol. The molecule has 0 saturated heterocycles. The molecular weight excluding hydrogens is 699 g/mol. The maximum Gasteiger partial charge on any atom is 0.164 e. The van der Waals surface area contributed by atoms with Crippen molar-refractivity contribution < 1.29 is 0 Å². The summed E-state index contributed by atoms with van der Waals surface area (Å²) in [5.74, 6) is 1.98. The number of fused-ring (bicyclic) bond motifs is 14. The molecule has 1 spiro atoms. The van der Waals surface area contributed by atoms with Gasteiger partial charge in [-0.15, -0.1) is 11.3 Å². The molecule has 3 nitrogen and oxygen atoms in total. The van der Waals surface area contributed by atoms with E-state index in [1.165, 1.54) is 75.8 Å². The lowest BCUT2D eigenvalue weighted by Gasteiger charge is -2.32. The lowest BCUT2D eigenvalue weighted by molar-refractivity contribution is 0.794. The maximum atomic E-state index is 5.30. The minimum absolute atomic E-state index is 0.590. The van der Waals surface area contributed by atoms with Crippen LogP contribution in [0.25, 0.3) is 87.7 Å². The van der Waals surface area contributed by atoms with Crippen molar-refractivity contribution in [2.75, 3.05) is 0 Å². The smallest absolute Gasteiger partial charge is 0.164 e. The largest absolute Gasteiger partial charge is 0.208 e. The van der Waals surface area contributed by atoms with Crippen molar-refractivity contribution in [2.45, 2.75) is 5.41 Å². The molecule has 10 aromatic rings. The number of thiophene rings is 1. The van der Waals surface area contributed by atoms with Crippen LogP contribution in [0.1, 0.15) is 22.3 Å². The van der Waals surface area contributed by atoms with E-state index in [2.05, 4.69) is 152 Å². The van der Waals surface area contributed by atoms with Crippen LogP contribution in [0.15, 0.2) is 188 Å². The Morgan fingerprint density at radius 3 is 1.52 bits per heavy atom. The van der Waals surface area contributed by atoms with E-state index < -0.39 is 5.41 Å². The molecule has 8 aromatic carbocycles. The summed E-state index contributed by atoms with van der Waals surface area (Å²) >= 11 is 1.92. The van der Waals surface area contributed by atoms with Crippen molar-refractivity contribution in [3.05, 3.63) is 210 Å². The summed E-state index contributed by atoms with van der Waals surface area (Å²) in [6, 6.07) is 67.6. The van der Waals surface area contributed by atoms with Crippen LogP contribution < -0.4 is 0 Å². The Morgan fingerprint density at radius 1 is 0.321 bits per heavy atom. The van der Waals surface area contributed by atoms with E-state index in [1.807, 2.05) is 47.7 Å². The third-order valence-corrected chi connectivity index (χ3v) is 13.0. The van der Waals surface area contributed by atoms with Gasteiger partial charge in [-0.25, -0.2) is 15.0 Å². The summed E-state index contributed by atoms with van der Waals surface area (Å²) < 4.78 is 2.65. The molecule has 2 aliphatic rings. The number of benzene rings is 8. The van der Waals surface area contributed by atoms with E-state index in [-0.39, 0.29) is 0 Å². The lowest BCUT2D eigenvalue weighted by Crippen LogP contribution is -2.26. The SMILES string of the molecule is c1ccc(-c2nc(-c3ccccc3)nc(-c3cccc4c3C3(c5ccccc5-4)c4ccccc4-c4c3ccc3c4sc4c(-c5ccccc5)cccc43)n2)cc1. The van der Waals surface area contributed by atoms with Crippen LogP contribution >= 0.6 is 11.3 Å². The average molecular weight is 730 g/mol. The molecule has 0 aliphatic heterocycles. The summed E-state index contributed by atoms with van der Waals surface area (Å²) in [6.07, 6.45) is 0. The summed E-state index contributed by atoms with van der Waals surface area (Å²) in [5, 5.41) is 2.60. The van der Waals surface area contributed by atoms with Gasteiger partial charge in [0.1, 0.15) is 0 Å². The Bertz CT molecular complexity index is 3130. The lowest BCUT2D eigenvalue weighted by atomic mass is 9.69. The molecule has 0 N–H and O–H groups in total. The van der Waals surface area contributed by atoms with Crippen LogP contribution in [0.2, 0.25) is 0 Å². The number of hydrogen-bond donors (Lipinski definition) is 0. The molecule has 4 heteroatoms. The maximum absolute atomic E-state index is 5.30. The predicted octanol–water partition coefficient (Wildman–Crippen LogP) is 13.3. The van der Waals surface area contributed by atoms with Crippen LogP contribution in [0.3, 0.4) is 0 Å². The van der Waals surface area contributed by atoms with Crippen LogP contribution in [-0.4, -0.2) is 15.0 Å². The number of aromatic nitrogens is 3. The van der Waals surface area contributed by atoms with E-state index in [0.717, 1.165) is 16.7 Å². The van der Waals surface area contributed by atoms with Gasteiger partial charge in [-0.2, -0.15) is 0 Å². The van der Waals surface area contributed by atoms with Gasteiger partial charge < -0.3 is 0 Å². The third kappa shape index (κ3) is 4.30. The highest BCUT2D eigenvalue weighted by Crippen LogP contribution is 2.66. The second kappa shape index (κ2) is 12.0. The molecule has 2 heterocycles. The monoisotopic (exact) mass is 729 g/mol. The van der Waals surface area contributed by atoms with E-state index in [1.54, 1.807) is 0 Å². The molecule has 0 bridgehead atoms. The first-order chi connectivity index (χ1) is 27.8. The second-order valence-corrected chi connectivity index (χ2v) is 15.6. The fraction of sp³-hybridized carbons (Fsp3) is 0.0192. The van der Waals surface area contributed by atoms with Crippen molar-refractivity contribution >= 4 is 31.5 Å². The molecule has 0 amide bonds. The molecule has 1 unspecified atom stereocenters. The van der Waals surface area contributed by atoms with Crippen molar-refractivity contribution in [3.8, 4) is 67.5 Å². The van der Waals surface area contributed by atoms with Crippen molar-refractivity contribution in [3.63, 3.8) is 0 Å². The molecule has 0 radical (unpaired) electrons. The van der Waals surface area contributed by atoms with Gasteiger partial charge in [0.05, 0.1) is 5.41 Å². The topological polar surface area (TPSA) is 38.7 Å². The fourth-order valence-corrected chi connectivity index (χ4v) is 10.9. The second-order valence-electron chi connectivity index (χ2n) is 14.6. The molecule has 260 valence electrons. The Morgan fingerprint density at radius 2 is 0.821 bits per heavy atom. The molecule has 0 saturated carbocycles. The average Bonchev–Trinajstić information content (AvgIpc) is 3.91. The molecule has 56 heavy (non-hydrogen) atoms. The highest BCUT2D eigenvalue weighted by molar-refractivity contribution is 7.27. The van der Waals surface area contributed by atoms with Gasteiger partial charge in [0.15, 0.2) is 17.5 Å². The van der Waals surface area contributed by atoms with Gasteiger partial charge in [0.25, 0.3) is 0 Å². The summed E-state index contributed by atoms with van der Waals surface area (Å²) in [4.78, 5) is 15.7. The number of nitrogens with zero attached hydrogens (tertiary/aromatic N) is 3. The molecule has 2 aliphatic carbocycles. The first-order valence-electron chi connectivity index (χ1n) is 19.0. The zero-order valence-corrected chi connectivity index (χ0v) is 31.0.